The van der Waals surface area contributed by atoms with E-state index in [1.807, 2.05) is 65.6 Å². The van der Waals surface area contributed by atoms with Crippen LogP contribution in [0.2, 0.25) is 0 Å². The first-order chi connectivity index (χ1) is 15.5. The Morgan fingerprint density at radius 1 is 1.09 bits per heavy atom. The molecule has 0 fully saturated rings. The third-order valence-electron chi connectivity index (χ3n) is 5.37. The fourth-order valence-electron chi connectivity index (χ4n) is 3.75. The SMILES string of the molecule is CC(C)CC(=O)N1CCc2oc(-c3ccc(NC(=O)COc4ccccc4)cc3)cc2C1. The zero-order valence-electron chi connectivity index (χ0n) is 18.5. The minimum atomic E-state index is -0.221. The normalized spacial score (nSPS) is 13.0. The van der Waals surface area contributed by atoms with E-state index in [-0.39, 0.29) is 18.4 Å². The predicted octanol–water partition coefficient (Wildman–Crippen LogP) is 4.89. The van der Waals surface area contributed by atoms with Gasteiger partial charge in [-0.2, -0.15) is 0 Å². The monoisotopic (exact) mass is 432 g/mol. The van der Waals surface area contributed by atoms with Gasteiger partial charge in [0.25, 0.3) is 5.91 Å². The van der Waals surface area contributed by atoms with Gasteiger partial charge in [-0.3, -0.25) is 9.59 Å². The fraction of sp³-hybridized carbons (Fsp3) is 0.308. The number of rotatable bonds is 7. The molecule has 6 nitrogen and oxygen atoms in total. The smallest absolute Gasteiger partial charge is 0.262 e. The number of para-hydroxylation sites is 1. The summed E-state index contributed by atoms with van der Waals surface area (Å²) < 4.78 is 11.5. The van der Waals surface area contributed by atoms with E-state index in [1.54, 1.807) is 0 Å². The van der Waals surface area contributed by atoms with Crippen LogP contribution < -0.4 is 10.1 Å². The zero-order valence-corrected chi connectivity index (χ0v) is 18.5. The first-order valence-electron chi connectivity index (χ1n) is 11.0. The van der Waals surface area contributed by atoms with Crippen molar-refractivity contribution in [2.45, 2.75) is 33.2 Å². The van der Waals surface area contributed by atoms with Crippen molar-refractivity contribution in [3.63, 3.8) is 0 Å². The van der Waals surface area contributed by atoms with Crippen LogP contribution >= 0.6 is 0 Å². The number of hydrogen-bond acceptors (Lipinski definition) is 4. The number of benzene rings is 2. The van der Waals surface area contributed by atoms with E-state index in [0.29, 0.717) is 36.9 Å². The highest BCUT2D eigenvalue weighted by atomic mass is 16.5. The Morgan fingerprint density at radius 2 is 1.84 bits per heavy atom. The zero-order chi connectivity index (χ0) is 22.5. The van der Waals surface area contributed by atoms with E-state index in [1.165, 1.54) is 0 Å². The van der Waals surface area contributed by atoms with Crippen LogP contribution in [0.25, 0.3) is 11.3 Å². The number of anilines is 1. The number of carbonyl (C=O) groups is 2. The van der Waals surface area contributed by atoms with Crippen molar-refractivity contribution in [2.75, 3.05) is 18.5 Å². The van der Waals surface area contributed by atoms with E-state index >= 15 is 0 Å². The summed E-state index contributed by atoms with van der Waals surface area (Å²) in [4.78, 5) is 26.5. The molecule has 0 atom stereocenters. The number of carbonyl (C=O) groups excluding carboxylic acids is 2. The molecule has 0 saturated heterocycles. The summed E-state index contributed by atoms with van der Waals surface area (Å²) in [5.41, 5.74) is 2.69. The Balaban J connectivity index is 1.35. The van der Waals surface area contributed by atoms with Crippen LogP contribution in [0.1, 0.15) is 31.6 Å². The molecule has 0 bridgehead atoms. The molecule has 4 rings (SSSR count). The van der Waals surface area contributed by atoms with Crippen LogP contribution in [0.15, 0.2) is 65.1 Å². The number of ether oxygens (including phenoxy) is 1. The Morgan fingerprint density at radius 3 is 2.56 bits per heavy atom. The number of furan rings is 1. The molecule has 0 radical (unpaired) electrons. The topological polar surface area (TPSA) is 71.8 Å². The number of hydrogen-bond donors (Lipinski definition) is 1. The summed E-state index contributed by atoms with van der Waals surface area (Å²) >= 11 is 0. The van der Waals surface area contributed by atoms with Gasteiger partial charge in [0.05, 0.1) is 0 Å². The van der Waals surface area contributed by atoms with E-state index < -0.39 is 0 Å². The average Bonchev–Trinajstić information content (AvgIpc) is 3.22. The molecule has 1 N–H and O–H groups in total. The van der Waals surface area contributed by atoms with Crippen molar-refractivity contribution in [3.8, 4) is 17.1 Å². The Labute approximate surface area is 188 Å². The number of fused-ring (bicyclic) bond motifs is 1. The second-order valence-corrected chi connectivity index (χ2v) is 8.45. The first kappa shape index (κ1) is 21.7. The Hall–Kier alpha value is -3.54. The van der Waals surface area contributed by atoms with Crippen molar-refractivity contribution in [3.05, 3.63) is 72.0 Å². The first-order valence-corrected chi connectivity index (χ1v) is 11.0. The van der Waals surface area contributed by atoms with Gasteiger partial charge >= 0.3 is 0 Å². The third-order valence-corrected chi connectivity index (χ3v) is 5.37. The Kier molecular flexibility index (Phi) is 6.59. The second kappa shape index (κ2) is 9.73. The van der Waals surface area contributed by atoms with Gasteiger partial charge in [-0.1, -0.05) is 32.0 Å². The maximum Gasteiger partial charge on any atom is 0.262 e. The summed E-state index contributed by atoms with van der Waals surface area (Å²) in [7, 11) is 0. The van der Waals surface area contributed by atoms with Gasteiger partial charge in [-0.15, -0.1) is 0 Å². The number of amides is 2. The maximum absolute atomic E-state index is 12.4. The van der Waals surface area contributed by atoms with Crippen molar-refractivity contribution < 1.29 is 18.7 Å². The maximum atomic E-state index is 12.4. The molecule has 0 spiro atoms. The van der Waals surface area contributed by atoms with Gasteiger partial charge in [0.1, 0.15) is 17.3 Å². The molecule has 0 aliphatic carbocycles. The molecular formula is C26H28N2O4. The van der Waals surface area contributed by atoms with Gasteiger partial charge in [0.15, 0.2) is 6.61 Å². The van der Waals surface area contributed by atoms with Crippen LogP contribution in [-0.2, 0) is 22.6 Å². The molecule has 3 aromatic rings. The minimum Gasteiger partial charge on any atom is -0.484 e. The summed E-state index contributed by atoms with van der Waals surface area (Å²) in [5, 5.41) is 2.83. The molecular weight excluding hydrogens is 404 g/mol. The molecule has 6 heteroatoms. The summed E-state index contributed by atoms with van der Waals surface area (Å²) in [5.74, 6) is 2.71. The number of nitrogens with one attached hydrogen (secondary N) is 1. The molecule has 2 amide bonds. The van der Waals surface area contributed by atoms with Gasteiger partial charge < -0.3 is 19.4 Å². The van der Waals surface area contributed by atoms with Gasteiger partial charge in [-0.25, -0.2) is 0 Å². The molecule has 2 aromatic carbocycles. The number of nitrogens with zero attached hydrogens (tertiary/aromatic N) is 1. The van der Waals surface area contributed by atoms with Crippen molar-refractivity contribution in [1.29, 1.82) is 0 Å². The van der Waals surface area contributed by atoms with Crippen LogP contribution in [0.4, 0.5) is 5.69 Å². The van der Waals surface area contributed by atoms with Crippen LogP contribution in [0.5, 0.6) is 5.75 Å². The molecule has 1 aliphatic heterocycles. The molecule has 0 unspecified atom stereocenters. The van der Waals surface area contributed by atoms with Gasteiger partial charge in [0, 0.05) is 42.7 Å². The minimum absolute atomic E-state index is 0.0529. The molecule has 1 aliphatic rings. The van der Waals surface area contributed by atoms with Crippen molar-refractivity contribution in [1.82, 2.24) is 4.90 Å². The highest BCUT2D eigenvalue weighted by molar-refractivity contribution is 5.92. The van der Waals surface area contributed by atoms with E-state index in [0.717, 1.165) is 29.1 Å². The summed E-state index contributed by atoms with van der Waals surface area (Å²) in [6, 6.07) is 18.8. The summed E-state index contributed by atoms with van der Waals surface area (Å²) in [6.07, 6.45) is 1.30. The lowest BCUT2D eigenvalue weighted by molar-refractivity contribution is -0.133. The molecule has 166 valence electrons. The molecule has 32 heavy (non-hydrogen) atoms. The quantitative estimate of drug-likeness (QED) is 0.577. The molecule has 2 heterocycles. The van der Waals surface area contributed by atoms with Gasteiger partial charge in [-0.05, 0) is 48.4 Å². The third kappa shape index (κ3) is 5.38. The lowest BCUT2D eigenvalue weighted by Gasteiger charge is -2.26. The van der Waals surface area contributed by atoms with E-state index in [2.05, 4.69) is 19.2 Å². The van der Waals surface area contributed by atoms with Gasteiger partial charge in [0.2, 0.25) is 5.91 Å². The highest BCUT2D eigenvalue weighted by Crippen LogP contribution is 2.30. The lowest BCUT2D eigenvalue weighted by Crippen LogP contribution is -2.35. The largest absolute Gasteiger partial charge is 0.484 e. The highest BCUT2D eigenvalue weighted by Gasteiger charge is 2.24. The predicted molar refractivity (Wildman–Crippen MR) is 123 cm³/mol. The van der Waals surface area contributed by atoms with Crippen LogP contribution in [-0.4, -0.2) is 29.9 Å². The fourth-order valence-corrected chi connectivity index (χ4v) is 3.75. The average molecular weight is 433 g/mol. The van der Waals surface area contributed by atoms with Crippen LogP contribution in [0.3, 0.4) is 0 Å². The van der Waals surface area contributed by atoms with Crippen molar-refractivity contribution in [2.24, 2.45) is 5.92 Å². The van der Waals surface area contributed by atoms with Crippen LogP contribution in [0, 0.1) is 5.92 Å². The molecule has 1 aromatic heterocycles. The molecule has 0 saturated carbocycles. The Bertz CT molecular complexity index is 1070. The summed E-state index contributed by atoms with van der Waals surface area (Å²) in [6.45, 7) is 5.36. The lowest BCUT2D eigenvalue weighted by atomic mass is 10.0. The standard InChI is InChI=1S/C26H28N2O4/c1-18(2)14-26(30)28-13-12-23-20(16-28)15-24(32-23)19-8-10-21(11-9-19)27-25(29)17-31-22-6-4-3-5-7-22/h3-11,15,18H,12-14,16-17H2,1-2H3,(H,27,29). The second-order valence-electron chi connectivity index (χ2n) is 8.45. The van der Waals surface area contributed by atoms with Crippen molar-refractivity contribution >= 4 is 17.5 Å². The van der Waals surface area contributed by atoms with E-state index in [9.17, 15) is 9.59 Å². The van der Waals surface area contributed by atoms with E-state index in [4.69, 9.17) is 9.15 Å².